The van der Waals surface area contributed by atoms with E-state index in [-0.39, 0.29) is 24.6 Å². The number of carbonyl (C=O) groups excluding carboxylic acids is 1. The highest BCUT2D eigenvalue weighted by Gasteiger charge is 2.28. The molecule has 1 atom stereocenters. The van der Waals surface area contributed by atoms with Gasteiger partial charge in [0, 0.05) is 25.4 Å². The molecule has 0 radical (unpaired) electrons. The van der Waals surface area contributed by atoms with Gasteiger partial charge >= 0.3 is 5.97 Å². The van der Waals surface area contributed by atoms with Crippen molar-refractivity contribution in [2.75, 3.05) is 13.1 Å². The first-order chi connectivity index (χ1) is 9.08. The van der Waals surface area contributed by atoms with Crippen LogP contribution in [0.2, 0.25) is 0 Å². The van der Waals surface area contributed by atoms with Crippen LogP contribution < -0.4 is 5.56 Å². The number of hydrogen-bond acceptors (Lipinski definition) is 3. The van der Waals surface area contributed by atoms with Crippen LogP contribution in [0.3, 0.4) is 0 Å². The van der Waals surface area contributed by atoms with Crippen molar-refractivity contribution in [2.45, 2.75) is 19.4 Å². The van der Waals surface area contributed by atoms with Gasteiger partial charge in [-0.2, -0.15) is 0 Å². The Bertz CT molecular complexity index is 537. The second-order valence-corrected chi connectivity index (χ2v) is 4.68. The predicted molar refractivity (Wildman–Crippen MR) is 67.6 cm³/mol. The monoisotopic (exact) mass is 264 g/mol. The number of carboxylic acids is 1. The topological polar surface area (TPSA) is 79.6 Å². The molecule has 1 saturated heterocycles. The van der Waals surface area contributed by atoms with Gasteiger partial charge in [-0.3, -0.25) is 14.4 Å². The van der Waals surface area contributed by atoms with E-state index in [0.29, 0.717) is 19.4 Å². The second kappa shape index (κ2) is 5.69. The Morgan fingerprint density at radius 2 is 2.16 bits per heavy atom. The van der Waals surface area contributed by atoms with Gasteiger partial charge in [0.1, 0.15) is 6.54 Å². The van der Waals surface area contributed by atoms with Crippen LogP contribution in [-0.4, -0.2) is 39.5 Å². The first-order valence-corrected chi connectivity index (χ1v) is 6.24. The minimum Gasteiger partial charge on any atom is -0.481 e. The Morgan fingerprint density at radius 1 is 1.37 bits per heavy atom. The third-order valence-electron chi connectivity index (χ3n) is 3.33. The second-order valence-electron chi connectivity index (χ2n) is 4.68. The van der Waals surface area contributed by atoms with Crippen molar-refractivity contribution in [2.24, 2.45) is 5.92 Å². The van der Waals surface area contributed by atoms with Gasteiger partial charge in [-0.05, 0) is 18.9 Å². The molecule has 0 spiro atoms. The maximum Gasteiger partial charge on any atom is 0.308 e. The molecule has 1 aliphatic heterocycles. The van der Waals surface area contributed by atoms with E-state index in [2.05, 4.69) is 0 Å². The summed E-state index contributed by atoms with van der Waals surface area (Å²) < 4.78 is 1.33. The average molecular weight is 264 g/mol. The molecule has 0 bridgehead atoms. The summed E-state index contributed by atoms with van der Waals surface area (Å²) >= 11 is 0. The van der Waals surface area contributed by atoms with Crippen molar-refractivity contribution in [3.05, 3.63) is 34.7 Å². The van der Waals surface area contributed by atoms with E-state index in [9.17, 15) is 14.4 Å². The molecule has 6 heteroatoms. The molecule has 2 heterocycles. The lowest BCUT2D eigenvalue weighted by atomic mass is 9.98. The smallest absolute Gasteiger partial charge is 0.308 e. The summed E-state index contributed by atoms with van der Waals surface area (Å²) in [4.78, 5) is 36.0. The van der Waals surface area contributed by atoms with Crippen LogP contribution in [0.15, 0.2) is 29.2 Å². The van der Waals surface area contributed by atoms with E-state index >= 15 is 0 Å². The van der Waals surface area contributed by atoms with Gasteiger partial charge in [0.25, 0.3) is 5.56 Å². The van der Waals surface area contributed by atoms with Crippen molar-refractivity contribution in [1.29, 1.82) is 0 Å². The number of carboxylic acid groups (broad SMARTS) is 1. The zero-order valence-corrected chi connectivity index (χ0v) is 10.5. The number of aromatic nitrogens is 1. The van der Waals surface area contributed by atoms with Gasteiger partial charge in [0.05, 0.1) is 5.92 Å². The maximum atomic E-state index is 12.1. The molecule has 1 aromatic heterocycles. The van der Waals surface area contributed by atoms with Crippen LogP contribution in [0.1, 0.15) is 12.8 Å². The number of carbonyl (C=O) groups is 2. The first kappa shape index (κ1) is 13.3. The molecule has 6 nitrogen and oxygen atoms in total. The minimum atomic E-state index is -0.866. The highest BCUT2D eigenvalue weighted by Crippen LogP contribution is 2.16. The Kier molecular flexibility index (Phi) is 3.99. The number of aliphatic carboxylic acids is 1. The number of nitrogens with zero attached hydrogens (tertiary/aromatic N) is 2. The fraction of sp³-hybridized carbons (Fsp3) is 0.462. The van der Waals surface area contributed by atoms with Crippen molar-refractivity contribution in [3.8, 4) is 0 Å². The molecule has 1 fully saturated rings. The summed E-state index contributed by atoms with van der Waals surface area (Å²) in [6.45, 7) is 0.756. The number of pyridine rings is 1. The number of rotatable bonds is 3. The predicted octanol–water partition coefficient (Wildman–Crippen LogP) is 0.171. The van der Waals surface area contributed by atoms with Gasteiger partial charge in [-0.1, -0.05) is 6.07 Å². The van der Waals surface area contributed by atoms with Gasteiger partial charge < -0.3 is 14.6 Å². The van der Waals surface area contributed by atoms with E-state index in [1.165, 1.54) is 15.5 Å². The van der Waals surface area contributed by atoms with Crippen molar-refractivity contribution < 1.29 is 14.7 Å². The molecule has 1 N–H and O–H groups in total. The molecular formula is C13H16N2O4. The van der Waals surface area contributed by atoms with E-state index in [1.54, 1.807) is 18.3 Å². The molecule has 0 aromatic carbocycles. The maximum absolute atomic E-state index is 12.1. The van der Waals surface area contributed by atoms with Crippen molar-refractivity contribution in [1.82, 2.24) is 9.47 Å². The van der Waals surface area contributed by atoms with Crippen LogP contribution in [0.5, 0.6) is 0 Å². The molecule has 19 heavy (non-hydrogen) atoms. The average Bonchev–Trinajstić information content (AvgIpc) is 2.41. The van der Waals surface area contributed by atoms with Crippen LogP contribution in [0.4, 0.5) is 0 Å². The Labute approximate surface area is 110 Å². The molecule has 1 amide bonds. The van der Waals surface area contributed by atoms with E-state index in [4.69, 9.17) is 5.11 Å². The highest BCUT2D eigenvalue weighted by molar-refractivity contribution is 5.77. The minimum absolute atomic E-state index is 0.0357. The van der Waals surface area contributed by atoms with Crippen molar-refractivity contribution in [3.63, 3.8) is 0 Å². The Balaban J connectivity index is 2.02. The Hall–Kier alpha value is -2.11. The van der Waals surface area contributed by atoms with E-state index in [1.807, 2.05) is 0 Å². The highest BCUT2D eigenvalue weighted by atomic mass is 16.4. The van der Waals surface area contributed by atoms with Crippen molar-refractivity contribution >= 4 is 11.9 Å². The first-order valence-electron chi connectivity index (χ1n) is 6.24. The number of piperidine rings is 1. The molecule has 1 aromatic rings. The fourth-order valence-electron chi connectivity index (χ4n) is 2.24. The normalized spacial score (nSPS) is 19.2. The summed E-state index contributed by atoms with van der Waals surface area (Å²) in [5, 5.41) is 8.98. The largest absolute Gasteiger partial charge is 0.481 e. The summed E-state index contributed by atoms with van der Waals surface area (Å²) in [5.74, 6) is -1.57. The van der Waals surface area contributed by atoms with Crippen LogP contribution in [0, 0.1) is 5.92 Å². The van der Waals surface area contributed by atoms with E-state index < -0.39 is 11.9 Å². The SMILES string of the molecule is O=C(O)C1CCCN(C(=O)Cn2ccccc2=O)C1. The van der Waals surface area contributed by atoms with Crippen LogP contribution in [0.25, 0.3) is 0 Å². The Morgan fingerprint density at radius 3 is 2.84 bits per heavy atom. The molecule has 1 unspecified atom stereocenters. The summed E-state index contributed by atoms with van der Waals surface area (Å²) in [6.07, 6.45) is 2.84. The van der Waals surface area contributed by atoms with Gasteiger partial charge in [0.2, 0.25) is 5.91 Å². The molecule has 2 rings (SSSR count). The third kappa shape index (κ3) is 3.21. The third-order valence-corrected chi connectivity index (χ3v) is 3.33. The van der Waals surface area contributed by atoms with Gasteiger partial charge in [-0.25, -0.2) is 0 Å². The molecule has 1 aliphatic rings. The zero-order valence-electron chi connectivity index (χ0n) is 10.5. The van der Waals surface area contributed by atoms with Crippen LogP contribution in [-0.2, 0) is 16.1 Å². The van der Waals surface area contributed by atoms with Gasteiger partial charge in [0.15, 0.2) is 0 Å². The number of hydrogen-bond donors (Lipinski definition) is 1. The quantitative estimate of drug-likeness (QED) is 0.844. The van der Waals surface area contributed by atoms with Gasteiger partial charge in [-0.15, -0.1) is 0 Å². The number of likely N-dealkylation sites (tertiary alicyclic amines) is 1. The van der Waals surface area contributed by atoms with E-state index in [0.717, 1.165) is 0 Å². The lowest BCUT2D eigenvalue weighted by molar-refractivity contribution is -0.145. The lowest BCUT2D eigenvalue weighted by Gasteiger charge is -2.30. The van der Waals surface area contributed by atoms with Crippen LogP contribution >= 0.6 is 0 Å². The fourth-order valence-corrected chi connectivity index (χ4v) is 2.24. The molecule has 102 valence electrons. The molecule has 0 saturated carbocycles. The standard InChI is InChI=1S/C13H16N2O4/c16-11-5-1-2-6-15(11)9-12(17)14-7-3-4-10(8-14)13(18)19/h1-2,5-6,10H,3-4,7-9H2,(H,18,19). The number of amides is 1. The lowest BCUT2D eigenvalue weighted by Crippen LogP contribution is -2.44. The zero-order chi connectivity index (χ0) is 13.8. The summed E-state index contributed by atoms with van der Waals surface area (Å²) in [6, 6.07) is 4.69. The molecular weight excluding hydrogens is 248 g/mol. The summed E-state index contributed by atoms with van der Waals surface area (Å²) in [5.41, 5.74) is -0.234. The summed E-state index contributed by atoms with van der Waals surface area (Å²) in [7, 11) is 0. The molecule has 0 aliphatic carbocycles.